The highest BCUT2D eigenvalue weighted by atomic mass is 16.5. The van der Waals surface area contributed by atoms with Crippen molar-refractivity contribution in [3.05, 3.63) is 88.0 Å². The molecule has 30 heavy (non-hydrogen) atoms. The van der Waals surface area contributed by atoms with Crippen molar-refractivity contribution in [2.45, 2.75) is 39.2 Å². The summed E-state index contributed by atoms with van der Waals surface area (Å²) in [4.78, 5) is 18.0. The average molecular weight is 402 g/mol. The van der Waals surface area contributed by atoms with Crippen LogP contribution in [-0.2, 0) is 4.74 Å². The molecule has 0 amide bonds. The maximum absolute atomic E-state index is 13.3. The van der Waals surface area contributed by atoms with Gasteiger partial charge in [-0.1, -0.05) is 37.3 Å². The van der Waals surface area contributed by atoms with Gasteiger partial charge in [-0.25, -0.2) is 0 Å². The monoisotopic (exact) mass is 401 g/mol. The van der Waals surface area contributed by atoms with Gasteiger partial charge >= 0.3 is 0 Å². The quantitative estimate of drug-likeness (QED) is 0.598. The number of methoxy groups -OCH3 is 1. The summed E-state index contributed by atoms with van der Waals surface area (Å²) in [6.45, 7) is 4.00. The smallest absolute Gasteiger partial charge is 0.193 e. The van der Waals surface area contributed by atoms with E-state index in [1.165, 1.54) is 0 Å². The van der Waals surface area contributed by atoms with E-state index >= 15 is 0 Å². The number of rotatable bonds is 6. The molecule has 0 aliphatic heterocycles. The molecule has 1 atom stereocenters. The zero-order valence-electron chi connectivity index (χ0n) is 17.7. The van der Waals surface area contributed by atoms with Crippen LogP contribution in [0.3, 0.4) is 0 Å². The van der Waals surface area contributed by atoms with Crippen molar-refractivity contribution in [2.24, 2.45) is 0 Å². The van der Waals surface area contributed by atoms with E-state index in [2.05, 4.69) is 28.1 Å². The molecule has 4 rings (SSSR count). The van der Waals surface area contributed by atoms with E-state index in [4.69, 9.17) is 9.72 Å². The number of allylic oxidation sites excluding steroid dienone is 3. The standard InChI is InChI=1S/C25H27N3O2/c1-4-22(30-3)25-24-20(15-17(2)26-25)28(19-13-9-6-10-14-19)23(16-21(24)29)27-18-11-7-5-8-12-18/h6-7,9-16,22,27H,4-5,8H2,1-3H3. The summed E-state index contributed by atoms with van der Waals surface area (Å²) in [6.07, 6.45) is 8.90. The van der Waals surface area contributed by atoms with Crippen LogP contribution in [0.1, 0.15) is 43.7 Å². The molecule has 0 saturated heterocycles. The third kappa shape index (κ3) is 3.81. The van der Waals surface area contributed by atoms with Crippen molar-refractivity contribution in [1.82, 2.24) is 9.55 Å². The van der Waals surface area contributed by atoms with Gasteiger partial charge in [-0.2, -0.15) is 0 Å². The molecule has 5 heteroatoms. The molecule has 0 fully saturated rings. The first-order chi connectivity index (χ1) is 14.6. The highest BCUT2D eigenvalue weighted by molar-refractivity contribution is 5.86. The molecule has 0 radical (unpaired) electrons. The molecule has 3 aromatic rings. The Morgan fingerprint density at radius 3 is 2.67 bits per heavy atom. The Kier molecular flexibility index (Phi) is 5.81. The molecule has 2 aromatic heterocycles. The minimum Gasteiger partial charge on any atom is -0.375 e. The van der Waals surface area contributed by atoms with Crippen LogP contribution in [0.5, 0.6) is 0 Å². The summed E-state index contributed by atoms with van der Waals surface area (Å²) >= 11 is 0. The van der Waals surface area contributed by atoms with Crippen molar-refractivity contribution in [2.75, 3.05) is 12.4 Å². The maximum atomic E-state index is 13.3. The van der Waals surface area contributed by atoms with Gasteiger partial charge in [-0.05, 0) is 50.5 Å². The first-order valence-corrected chi connectivity index (χ1v) is 10.4. The maximum Gasteiger partial charge on any atom is 0.193 e. The Balaban J connectivity index is 2.04. The number of nitrogens with one attached hydrogen (secondary N) is 1. The van der Waals surface area contributed by atoms with E-state index in [0.717, 1.165) is 47.7 Å². The topological polar surface area (TPSA) is 56.1 Å². The molecule has 154 valence electrons. The Labute approximate surface area is 176 Å². The molecule has 1 aliphatic carbocycles. The molecule has 5 nitrogen and oxygen atoms in total. The summed E-state index contributed by atoms with van der Waals surface area (Å²) < 4.78 is 7.75. The van der Waals surface area contributed by atoms with Gasteiger partial charge in [0, 0.05) is 30.3 Å². The minimum absolute atomic E-state index is 0.0573. The number of fused-ring (bicyclic) bond motifs is 1. The van der Waals surface area contributed by atoms with Crippen LogP contribution in [-0.4, -0.2) is 16.7 Å². The lowest BCUT2D eigenvalue weighted by Gasteiger charge is -2.22. The largest absolute Gasteiger partial charge is 0.375 e. The van der Waals surface area contributed by atoms with Crippen molar-refractivity contribution in [3.8, 4) is 5.69 Å². The van der Waals surface area contributed by atoms with Gasteiger partial charge < -0.3 is 10.1 Å². The zero-order valence-corrected chi connectivity index (χ0v) is 17.7. The highest BCUT2D eigenvalue weighted by Crippen LogP contribution is 2.30. The van der Waals surface area contributed by atoms with Crippen LogP contribution >= 0.6 is 0 Å². The summed E-state index contributed by atoms with van der Waals surface area (Å²) in [5.41, 5.74) is 4.30. The third-order valence-corrected chi connectivity index (χ3v) is 5.39. The second-order valence-electron chi connectivity index (χ2n) is 7.50. The first-order valence-electron chi connectivity index (χ1n) is 10.4. The second kappa shape index (κ2) is 8.67. The Morgan fingerprint density at radius 1 is 1.20 bits per heavy atom. The summed E-state index contributed by atoms with van der Waals surface area (Å²) in [7, 11) is 1.66. The van der Waals surface area contributed by atoms with E-state index in [9.17, 15) is 4.79 Å². The third-order valence-electron chi connectivity index (χ3n) is 5.39. The van der Waals surface area contributed by atoms with Crippen molar-refractivity contribution in [1.29, 1.82) is 0 Å². The van der Waals surface area contributed by atoms with Crippen molar-refractivity contribution >= 4 is 16.7 Å². The van der Waals surface area contributed by atoms with Gasteiger partial charge in [0.2, 0.25) is 0 Å². The van der Waals surface area contributed by atoms with E-state index < -0.39 is 0 Å². The molecule has 2 heterocycles. The van der Waals surface area contributed by atoms with E-state index in [0.29, 0.717) is 11.1 Å². The number of benzene rings is 1. The van der Waals surface area contributed by atoms with E-state index in [1.54, 1.807) is 13.2 Å². The van der Waals surface area contributed by atoms with Crippen molar-refractivity contribution in [3.63, 3.8) is 0 Å². The summed E-state index contributed by atoms with van der Waals surface area (Å²) in [5.74, 6) is 0.735. The fraction of sp³-hybridized carbons (Fsp3) is 0.280. The zero-order chi connectivity index (χ0) is 21.1. The normalized spacial score (nSPS) is 14.6. The van der Waals surface area contributed by atoms with Crippen LogP contribution in [0.4, 0.5) is 5.82 Å². The molecule has 1 N–H and O–H groups in total. The molecule has 0 spiro atoms. The number of nitrogens with zero attached hydrogens (tertiary/aromatic N) is 2. The summed E-state index contributed by atoms with van der Waals surface area (Å²) in [6, 6.07) is 13.7. The Bertz CT molecular complexity index is 1170. The second-order valence-corrected chi connectivity index (χ2v) is 7.50. The number of anilines is 1. The lowest BCUT2D eigenvalue weighted by molar-refractivity contribution is 0.0976. The molecule has 0 bridgehead atoms. The Hall–Kier alpha value is -3.18. The van der Waals surface area contributed by atoms with Crippen LogP contribution in [0.2, 0.25) is 0 Å². The van der Waals surface area contributed by atoms with E-state index in [1.807, 2.05) is 50.2 Å². The number of aryl methyl sites for hydroxylation is 1. The molecule has 1 unspecified atom stereocenters. The van der Waals surface area contributed by atoms with Gasteiger partial charge in [-0.15, -0.1) is 0 Å². The lowest BCUT2D eigenvalue weighted by atomic mass is 10.1. The van der Waals surface area contributed by atoms with Crippen LogP contribution < -0.4 is 10.7 Å². The molecular formula is C25H27N3O2. The number of pyridine rings is 2. The number of hydrogen-bond acceptors (Lipinski definition) is 4. The molecular weight excluding hydrogens is 374 g/mol. The van der Waals surface area contributed by atoms with Crippen LogP contribution in [0, 0.1) is 6.92 Å². The van der Waals surface area contributed by atoms with Gasteiger partial charge in [-0.3, -0.25) is 14.3 Å². The predicted octanol–water partition coefficient (Wildman–Crippen LogP) is 5.44. The molecule has 1 aliphatic rings. The average Bonchev–Trinajstić information content (AvgIpc) is 2.75. The molecule has 0 saturated carbocycles. The molecule has 1 aromatic carbocycles. The van der Waals surface area contributed by atoms with Crippen LogP contribution in [0.25, 0.3) is 16.6 Å². The number of ether oxygens (including phenoxy) is 1. The minimum atomic E-state index is -0.230. The van der Waals surface area contributed by atoms with Gasteiger partial charge in [0.15, 0.2) is 5.43 Å². The Morgan fingerprint density at radius 2 is 2.00 bits per heavy atom. The SMILES string of the molecule is CCC(OC)c1nc(C)cc2c1c(=O)cc(NC1=CCCC=C1)n2-c1ccccc1. The number of aromatic nitrogens is 2. The first kappa shape index (κ1) is 20.1. The van der Waals surface area contributed by atoms with Gasteiger partial charge in [0.05, 0.1) is 22.7 Å². The van der Waals surface area contributed by atoms with Gasteiger partial charge in [0.25, 0.3) is 0 Å². The fourth-order valence-electron chi connectivity index (χ4n) is 4.00. The predicted molar refractivity (Wildman–Crippen MR) is 122 cm³/mol. The fourth-order valence-corrected chi connectivity index (χ4v) is 4.00. The number of hydrogen-bond donors (Lipinski definition) is 1. The lowest BCUT2D eigenvalue weighted by Crippen LogP contribution is -2.18. The van der Waals surface area contributed by atoms with Crippen molar-refractivity contribution < 1.29 is 4.74 Å². The summed E-state index contributed by atoms with van der Waals surface area (Å²) in [5, 5.41) is 4.07. The van der Waals surface area contributed by atoms with Crippen LogP contribution in [0.15, 0.2) is 71.2 Å². The van der Waals surface area contributed by atoms with Gasteiger partial charge in [0.1, 0.15) is 5.82 Å². The highest BCUT2D eigenvalue weighted by Gasteiger charge is 2.21. The number of para-hydroxylation sites is 1. The van der Waals surface area contributed by atoms with E-state index in [-0.39, 0.29) is 11.5 Å².